The molecule has 0 radical (unpaired) electrons. The minimum Gasteiger partial charge on any atom is -0.392 e. The smallest absolute Gasteiger partial charge is 0.243 e. The molecule has 0 saturated carbocycles. The molecule has 0 bridgehead atoms. The van der Waals surface area contributed by atoms with E-state index >= 15 is 0 Å². The predicted octanol–water partition coefficient (Wildman–Crippen LogP) is 2.03. The van der Waals surface area contributed by atoms with Crippen molar-refractivity contribution < 1.29 is 13.5 Å². The SMILES string of the molecule is C=C(C)CN(C)S(=O)(=O)c1ccc(Cl)c(CO)c1. The summed E-state index contributed by atoms with van der Waals surface area (Å²) in [5.74, 6) is 0. The van der Waals surface area contributed by atoms with Crippen LogP contribution in [0, 0.1) is 0 Å². The highest BCUT2D eigenvalue weighted by Crippen LogP contribution is 2.22. The maximum Gasteiger partial charge on any atom is 0.243 e. The van der Waals surface area contributed by atoms with E-state index in [1.807, 2.05) is 0 Å². The minimum atomic E-state index is -3.58. The molecule has 18 heavy (non-hydrogen) atoms. The molecule has 0 aliphatic rings. The third-order valence-corrected chi connectivity index (χ3v) is 4.56. The molecule has 0 amide bonds. The lowest BCUT2D eigenvalue weighted by molar-refractivity contribution is 0.281. The van der Waals surface area contributed by atoms with Crippen molar-refractivity contribution >= 4 is 21.6 Å². The molecule has 4 nitrogen and oxygen atoms in total. The van der Waals surface area contributed by atoms with E-state index < -0.39 is 10.0 Å². The van der Waals surface area contributed by atoms with Crippen molar-refractivity contribution in [2.75, 3.05) is 13.6 Å². The zero-order valence-corrected chi connectivity index (χ0v) is 11.9. The van der Waals surface area contributed by atoms with Gasteiger partial charge in [-0.1, -0.05) is 23.8 Å². The summed E-state index contributed by atoms with van der Waals surface area (Å²) in [7, 11) is -2.10. The molecule has 0 fully saturated rings. The second kappa shape index (κ2) is 5.84. The molecule has 1 N–H and O–H groups in total. The maximum absolute atomic E-state index is 12.2. The molecule has 0 heterocycles. The zero-order valence-electron chi connectivity index (χ0n) is 10.4. The quantitative estimate of drug-likeness (QED) is 0.844. The summed E-state index contributed by atoms with van der Waals surface area (Å²) in [6, 6.07) is 4.27. The molecular formula is C12H16ClNO3S. The number of aliphatic hydroxyl groups excluding tert-OH is 1. The van der Waals surface area contributed by atoms with Crippen LogP contribution in [-0.2, 0) is 16.6 Å². The van der Waals surface area contributed by atoms with Crippen LogP contribution in [0.25, 0.3) is 0 Å². The molecule has 0 aromatic heterocycles. The Morgan fingerprint density at radius 1 is 1.50 bits per heavy atom. The van der Waals surface area contributed by atoms with Crippen molar-refractivity contribution in [3.8, 4) is 0 Å². The lowest BCUT2D eigenvalue weighted by atomic mass is 10.2. The number of hydrogen-bond acceptors (Lipinski definition) is 3. The van der Waals surface area contributed by atoms with Crippen molar-refractivity contribution in [3.63, 3.8) is 0 Å². The second-order valence-corrected chi connectivity index (χ2v) is 6.58. The number of aliphatic hydroxyl groups is 1. The van der Waals surface area contributed by atoms with Gasteiger partial charge in [0.15, 0.2) is 0 Å². The Balaban J connectivity index is 3.16. The average Bonchev–Trinajstić information content (AvgIpc) is 2.28. The Morgan fingerprint density at radius 2 is 2.11 bits per heavy atom. The summed E-state index contributed by atoms with van der Waals surface area (Å²) in [5.41, 5.74) is 1.14. The topological polar surface area (TPSA) is 57.6 Å². The van der Waals surface area contributed by atoms with E-state index in [0.717, 1.165) is 5.57 Å². The average molecular weight is 290 g/mol. The highest BCUT2D eigenvalue weighted by molar-refractivity contribution is 7.89. The molecule has 0 saturated heterocycles. The molecular weight excluding hydrogens is 274 g/mol. The van der Waals surface area contributed by atoms with Gasteiger partial charge < -0.3 is 5.11 Å². The van der Waals surface area contributed by atoms with Crippen molar-refractivity contribution in [2.45, 2.75) is 18.4 Å². The van der Waals surface area contributed by atoms with Crippen molar-refractivity contribution in [1.29, 1.82) is 0 Å². The molecule has 6 heteroatoms. The zero-order chi connectivity index (χ0) is 13.9. The van der Waals surface area contributed by atoms with Gasteiger partial charge in [-0.15, -0.1) is 0 Å². The Labute approximate surface area is 113 Å². The van der Waals surface area contributed by atoms with Crippen molar-refractivity contribution in [1.82, 2.24) is 4.31 Å². The fraction of sp³-hybridized carbons (Fsp3) is 0.333. The molecule has 1 aromatic carbocycles. The van der Waals surface area contributed by atoms with E-state index in [2.05, 4.69) is 6.58 Å². The van der Waals surface area contributed by atoms with Crippen LogP contribution in [0.15, 0.2) is 35.2 Å². The summed E-state index contributed by atoms with van der Waals surface area (Å²) in [6.07, 6.45) is 0. The normalized spacial score (nSPS) is 11.8. The minimum absolute atomic E-state index is 0.111. The van der Waals surface area contributed by atoms with Gasteiger partial charge in [-0.3, -0.25) is 0 Å². The number of rotatable bonds is 5. The van der Waals surface area contributed by atoms with Gasteiger partial charge in [0.2, 0.25) is 10.0 Å². The van der Waals surface area contributed by atoms with Crippen LogP contribution in [0.5, 0.6) is 0 Å². The number of halogens is 1. The molecule has 1 aromatic rings. The third-order valence-electron chi connectivity index (χ3n) is 2.39. The summed E-state index contributed by atoms with van der Waals surface area (Å²) >= 11 is 5.83. The van der Waals surface area contributed by atoms with E-state index in [1.54, 1.807) is 6.92 Å². The fourth-order valence-electron chi connectivity index (χ4n) is 1.48. The first-order valence-electron chi connectivity index (χ1n) is 5.29. The maximum atomic E-state index is 12.2. The Hall–Kier alpha value is -0.880. The third kappa shape index (κ3) is 3.32. The van der Waals surface area contributed by atoms with Gasteiger partial charge in [0, 0.05) is 18.6 Å². The van der Waals surface area contributed by atoms with Gasteiger partial charge in [-0.05, 0) is 30.7 Å². The molecule has 0 unspecified atom stereocenters. The van der Waals surface area contributed by atoms with Gasteiger partial charge >= 0.3 is 0 Å². The summed E-state index contributed by atoms with van der Waals surface area (Å²) in [6.45, 7) is 5.39. The van der Waals surface area contributed by atoms with Crippen LogP contribution >= 0.6 is 11.6 Å². The van der Waals surface area contributed by atoms with Crippen LogP contribution < -0.4 is 0 Å². The Kier molecular flexibility index (Phi) is 4.92. The number of hydrogen-bond donors (Lipinski definition) is 1. The predicted molar refractivity (Wildman–Crippen MR) is 72.0 cm³/mol. The summed E-state index contributed by atoms with van der Waals surface area (Å²) in [4.78, 5) is 0.111. The standard InChI is InChI=1S/C12H16ClNO3S/c1-9(2)7-14(3)18(16,17)11-4-5-12(13)10(6-11)8-15/h4-6,15H,1,7-8H2,2-3H3. The van der Waals surface area contributed by atoms with Crippen molar-refractivity contribution in [2.24, 2.45) is 0 Å². The molecule has 0 atom stereocenters. The van der Waals surface area contributed by atoms with Crippen LogP contribution in [0.4, 0.5) is 0 Å². The monoisotopic (exact) mass is 289 g/mol. The first-order chi connectivity index (χ1) is 8.28. The highest BCUT2D eigenvalue weighted by atomic mass is 35.5. The Morgan fingerprint density at radius 3 is 2.61 bits per heavy atom. The molecule has 1 rings (SSSR count). The second-order valence-electron chi connectivity index (χ2n) is 4.13. The number of nitrogens with zero attached hydrogens (tertiary/aromatic N) is 1. The first-order valence-corrected chi connectivity index (χ1v) is 7.11. The molecule has 0 aliphatic heterocycles. The summed E-state index contributed by atoms with van der Waals surface area (Å²) < 4.78 is 25.6. The molecule has 100 valence electrons. The molecule has 0 aliphatic carbocycles. The van der Waals surface area contributed by atoms with E-state index in [9.17, 15) is 8.42 Å². The number of sulfonamides is 1. The van der Waals surface area contributed by atoms with Crippen molar-refractivity contribution in [3.05, 3.63) is 40.9 Å². The van der Waals surface area contributed by atoms with E-state index in [1.165, 1.54) is 29.6 Å². The van der Waals surface area contributed by atoms with Gasteiger partial charge in [0.25, 0.3) is 0 Å². The van der Waals surface area contributed by atoms with E-state index in [4.69, 9.17) is 16.7 Å². The van der Waals surface area contributed by atoms with E-state index in [-0.39, 0.29) is 18.0 Å². The highest BCUT2D eigenvalue weighted by Gasteiger charge is 2.21. The van der Waals surface area contributed by atoms with Crippen LogP contribution in [-0.4, -0.2) is 31.4 Å². The molecule has 0 spiro atoms. The lowest BCUT2D eigenvalue weighted by Crippen LogP contribution is -2.28. The number of benzene rings is 1. The van der Waals surface area contributed by atoms with Gasteiger partial charge in [-0.2, -0.15) is 4.31 Å². The Bertz CT molecular complexity index is 554. The van der Waals surface area contributed by atoms with Crippen LogP contribution in [0.1, 0.15) is 12.5 Å². The number of likely N-dealkylation sites (N-methyl/N-ethyl adjacent to an activating group) is 1. The van der Waals surface area contributed by atoms with E-state index in [0.29, 0.717) is 10.6 Å². The van der Waals surface area contributed by atoms with Gasteiger partial charge in [0.05, 0.1) is 11.5 Å². The van der Waals surface area contributed by atoms with Gasteiger partial charge in [-0.25, -0.2) is 8.42 Å². The lowest BCUT2D eigenvalue weighted by Gasteiger charge is -2.17. The van der Waals surface area contributed by atoms with Gasteiger partial charge in [0.1, 0.15) is 0 Å². The van der Waals surface area contributed by atoms with Crippen LogP contribution in [0.3, 0.4) is 0 Å². The fourth-order valence-corrected chi connectivity index (χ4v) is 2.94. The largest absolute Gasteiger partial charge is 0.392 e. The summed E-state index contributed by atoms with van der Waals surface area (Å²) in [5, 5.41) is 9.43. The van der Waals surface area contributed by atoms with Crippen LogP contribution in [0.2, 0.25) is 5.02 Å². The first kappa shape index (κ1) is 15.2.